The van der Waals surface area contributed by atoms with Crippen molar-refractivity contribution in [3.05, 3.63) is 40.1 Å². The van der Waals surface area contributed by atoms with E-state index in [4.69, 9.17) is 9.97 Å². The summed E-state index contributed by atoms with van der Waals surface area (Å²) in [5, 5.41) is 0. The molecule has 0 N–H and O–H groups in total. The van der Waals surface area contributed by atoms with E-state index in [1.807, 2.05) is 0 Å². The Morgan fingerprint density at radius 2 is 1.61 bits per heavy atom. The molecule has 2 aromatic rings. The van der Waals surface area contributed by atoms with E-state index < -0.39 is 0 Å². The molecule has 0 amide bonds. The molecular weight excluding hydrogens is 344 g/mol. The Bertz CT molecular complexity index is 814. The molecule has 0 atom stereocenters. The minimum Gasteiger partial charge on any atom is -0.353 e. The molecule has 1 aromatic heterocycles. The van der Waals surface area contributed by atoms with Crippen molar-refractivity contribution >= 4 is 17.5 Å². The summed E-state index contributed by atoms with van der Waals surface area (Å²) >= 11 is 0. The second-order valence-corrected chi connectivity index (χ2v) is 8.39. The molecule has 4 nitrogen and oxygen atoms in total. The summed E-state index contributed by atoms with van der Waals surface area (Å²) < 4.78 is 0. The van der Waals surface area contributed by atoms with Crippen molar-refractivity contribution in [3.63, 3.8) is 0 Å². The van der Waals surface area contributed by atoms with Gasteiger partial charge in [-0.2, -0.15) is 4.98 Å². The summed E-state index contributed by atoms with van der Waals surface area (Å²) in [6, 6.07) is 5.07. The van der Waals surface area contributed by atoms with Crippen molar-refractivity contribution in [1.82, 2.24) is 9.97 Å². The third-order valence-electron chi connectivity index (χ3n) is 6.01. The third kappa shape index (κ3) is 3.87. The standard InChI is InChI=1S/C24H36N4/c1-8-10-20(11-9-2)28-13-12-21-19(6)25-24(26-23(21)28)27(7)22-17(4)14-16(3)15-18(22)5/h14-15,20H,8-13H2,1-7H3. The molecule has 0 radical (unpaired) electrons. The van der Waals surface area contributed by atoms with E-state index in [-0.39, 0.29) is 0 Å². The molecular formula is C24H36N4. The monoisotopic (exact) mass is 380 g/mol. The molecule has 2 heterocycles. The number of benzene rings is 1. The van der Waals surface area contributed by atoms with Gasteiger partial charge in [0.25, 0.3) is 0 Å². The average Bonchev–Trinajstić information content (AvgIpc) is 3.05. The number of aryl methyl sites for hydroxylation is 4. The normalized spacial score (nSPS) is 13.4. The van der Waals surface area contributed by atoms with Gasteiger partial charge in [-0.25, -0.2) is 4.98 Å². The molecule has 0 saturated heterocycles. The lowest BCUT2D eigenvalue weighted by Gasteiger charge is -2.30. The number of nitrogens with zero attached hydrogens (tertiary/aromatic N) is 4. The van der Waals surface area contributed by atoms with Gasteiger partial charge < -0.3 is 9.80 Å². The van der Waals surface area contributed by atoms with Gasteiger partial charge in [-0.3, -0.25) is 0 Å². The van der Waals surface area contributed by atoms with Crippen molar-refractivity contribution in [2.75, 3.05) is 23.4 Å². The van der Waals surface area contributed by atoms with Gasteiger partial charge >= 0.3 is 0 Å². The van der Waals surface area contributed by atoms with Crippen LogP contribution >= 0.6 is 0 Å². The van der Waals surface area contributed by atoms with Gasteiger partial charge in [-0.15, -0.1) is 0 Å². The fourth-order valence-electron chi connectivity index (χ4n) is 4.86. The van der Waals surface area contributed by atoms with E-state index in [1.165, 1.54) is 59.4 Å². The average molecular weight is 381 g/mol. The number of aromatic nitrogens is 2. The van der Waals surface area contributed by atoms with E-state index in [1.54, 1.807) is 0 Å². The summed E-state index contributed by atoms with van der Waals surface area (Å²) in [6.45, 7) is 14.3. The molecule has 4 heteroatoms. The van der Waals surface area contributed by atoms with E-state index in [2.05, 4.69) is 70.5 Å². The maximum atomic E-state index is 5.10. The second kappa shape index (κ2) is 8.50. The van der Waals surface area contributed by atoms with E-state index in [0.29, 0.717) is 6.04 Å². The highest BCUT2D eigenvalue weighted by Gasteiger charge is 2.29. The van der Waals surface area contributed by atoms with Crippen molar-refractivity contribution < 1.29 is 0 Å². The molecule has 0 spiro atoms. The van der Waals surface area contributed by atoms with E-state index in [0.717, 1.165) is 24.6 Å². The van der Waals surface area contributed by atoms with Crippen LogP contribution in [0.2, 0.25) is 0 Å². The first-order chi connectivity index (χ1) is 13.4. The Balaban J connectivity index is 2.02. The molecule has 1 aliphatic heterocycles. The maximum Gasteiger partial charge on any atom is 0.231 e. The van der Waals surface area contributed by atoms with Gasteiger partial charge in [0, 0.05) is 36.6 Å². The number of hydrogen-bond donors (Lipinski definition) is 0. The molecule has 0 fully saturated rings. The van der Waals surface area contributed by atoms with Gasteiger partial charge in [-0.05, 0) is 58.1 Å². The highest BCUT2D eigenvalue weighted by atomic mass is 15.3. The van der Waals surface area contributed by atoms with Gasteiger partial charge in [0.2, 0.25) is 5.95 Å². The van der Waals surface area contributed by atoms with Crippen LogP contribution in [-0.2, 0) is 6.42 Å². The fourth-order valence-corrected chi connectivity index (χ4v) is 4.86. The van der Waals surface area contributed by atoms with E-state index in [9.17, 15) is 0 Å². The molecule has 0 bridgehead atoms. The van der Waals surface area contributed by atoms with Crippen LogP contribution in [0.15, 0.2) is 12.1 Å². The van der Waals surface area contributed by atoms with Crippen molar-refractivity contribution in [2.24, 2.45) is 0 Å². The Labute approximate surface area is 171 Å². The summed E-state index contributed by atoms with van der Waals surface area (Å²) in [4.78, 5) is 14.7. The lowest BCUT2D eigenvalue weighted by atomic mass is 10.0. The lowest BCUT2D eigenvalue weighted by Crippen LogP contribution is -2.34. The topological polar surface area (TPSA) is 32.3 Å². The van der Waals surface area contributed by atoms with Crippen molar-refractivity contribution in [1.29, 1.82) is 0 Å². The molecule has 0 saturated carbocycles. The largest absolute Gasteiger partial charge is 0.353 e. The highest BCUT2D eigenvalue weighted by molar-refractivity contribution is 5.68. The minimum absolute atomic E-state index is 0.589. The Morgan fingerprint density at radius 3 is 2.18 bits per heavy atom. The molecule has 1 aromatic carbocycles. The molecule has 28 heavy (non-hydrogen) atoms. The first kappa shape index (κ1) is 20.6. The predicted molar refractivity (Wildman–Crippen MR) is 120 cm³/mol. The van der Waals surface area contributed by atoms with E-state index >= 15 is 0 Å². The van der Waals surface area contributed by atoms with Crippen molar-refractivity contribution in [3.8, 4) is 0 Å². The number of hydrogen-bond acceptors (Lipinski definition) is 4. The van der Waals surface area contributed by atoms with Crippen LogP contribution < -0.4 is 9.80 Å². The fraction of sp³-hybridized carbons (Fsp3) is 0.583. The van der Waals surface area contributed by atoms with Crippen molar-refractivity contribution in [2.45, 2.75) is 79.7 Å². The Morgan fingerprint density at radius 1 is 1.00 bits per heavy atom. The minimum atomic E-state index is 0.589. The van der Waals surface area contributed by atoms with Crippen LogP contribution in [0.3, 0.4) is 0 Å². The first-order valence-electron chi connectivity index (χ1n) is 10.8. The summed E-state index contributed by atoms with van der Waals surface area (Å²) in [7, 11) is 2.10. The van der Waals surface area contributed by atoms with Gasteiger partial charge in [0.15, 0.2) is 0 Å². The predicted octanol–water partition coefficient (Wildman–Crippen LogP) is 5.81. The highest BCUT2D eigenvalue weighted by Crippen LogP contribution is 2.36. The summed E-state index contributed by atoms with van der Waals surface area (Å²) in [5.74, 6) is 1.98. The van der Waals surface area contributed by atoms with Crippen LogP contribution in [0.1, 0.15) is 67.5 Å². The number of fused-ring (bicyclic) bond motifs is 1. The van der Waals surface area contributed by atoms with Gasteiger partial charge in [0.05, 0.1) is 0 Å². The SMILES string of the molecule is CCCC(CCC)N1CCc2c(C)nc(N(C)c3c(C)cc(C)cc3C)nc21. The Kier molecular flexibility index (Phi) is 6.26. The zero-order chi connectivity index (χ0) is 20.4. The molecule has 1 aliphatic rings. The summed E-state index contributed by atoms with van der Waals surface area (Å²) in [6.07, 6.45) is 5.97. The number of rotatable bonds is 7. The molecule has 3 rings (SSSR count). The quantitative estimate of drug-likeness (QED) is 0.607. The van der Waals surface area contributed by atoms with Crippen LogP contribution in [0, 0.1) is 27.7 Å². The van der Waals surface area contributed by atoms with Crippen LogP contribution in [-0.4, -0.2) is 29.6 Å². The van der Waals surface area contributed by atoms with Crippen LogP contribution in [0.4, 0.5) is 17.5 Å². The lowest BCUT2D eigenvalue weighted by molar-refractivity contribution is 0.511. The third-order valence-corrected chi connectivity index (χ3v) is 6.01. The van der Waals surface area contributed by atoms with Crippen LogP contribution in [0.25, 0.3) is 0 Å². The zero-order valence-electron chi connectivity index (χ0n) is 18.8. The Hall–Kier alpha value is -2.10. The maximum absolute atomic E-state index is 5.10. The van der Waals surface area contributed by atoms with Crippen LogP contribution in [0.5, 0.6) is 0 Å². The zero-order valence-corrected chi connectivity index (χ0v) is 18.8. The van der Waals surface area contributed by atoms with Gasteiger partial charge in [0.1, 0.15) is 5.82 Å². The molecule has 152 valence electrons. The molecule has 0 unspecified atom stereocenters. The smallest absolute Gasteiger partial charge is 0.231 e. The summed E-state index contributed by atoms with van der Waals surface area (Å²) in [5.41, 5.74) is 7.52. The molecule has 0 aliphatic carbocycles. The van der Waals surface area contributed by atoms with Gasteiger partial charge in [-0.1, -0.05) is 44.4 Å². The number of anilines is 3. The first-order valence-corrected chi connectivity index (χ1v) is 10.8. The second-order valence-electron chi connectivity index (χ2n) is 8.39.